The first-order chi connectivity index (χ1) is 10.2. The first kappa shape index (κ1) is 14.1. The SMILES string of the molecule is CN(Cc1ccc(Br)cc1)C1=NCC(c2ccccc2)N1. The van der Waals surface area contributed by atoms with E-state index in [1.54, 1.807) is 0 Å². The van der Waals surface area contributed by atoms with Crippen molar-refractivity contribution in [1.29, 1.82) is 0 Å². The van der Waals surface area contributed by atoms with E-state index in [-0.39, 0.29) is 6.04 Å². The molecule has 0 bridgehead atoms. The third-order valence-electron chi connectivity index (χ3n) is 3.62. The van der Waals surface area contributed by atoms with E-state index >= 15 is 0 Å². The number of hydrogen-bond acceptors (Lipinski definition) is 3. The van der Waals surface area contributed by atoms with Gasteiger partial charge in [0, 0.05) is 18.1 Å². The number of hydrogen-bond donors (Lipinski definition) is 1. The molecule has 1 unspecified atom stereocenters. The van der Waals surface area contributed by atoms with Gasteiger partial charge in [0.15, 0.2) is 5.96 Å². The Balaban J connectivity index is 1.61. The van der Waals surface area contributed by atoms with Gasteiger partial charge in [-0.05, 0) is 23.3 Å². The molecule has 2 aromatic rings. The molecule has 0 fully saturated rings. The van der Waals surface area contributed by atoms with Crippen molar-refractivity contribution in [2.75, 3.05) is 13.6 Å². The lowest BCUT2D eigenvalue weighted by atomic mass is 10.1. The van der Waals surface area contributed by atoms with Crippen molar-refractivity contribution in [1.82, 2.24) is 10.2 Å². The lowest BCUT2D eigenvalue weighted by Gasteiger charge is -2.21. The first-order valence-corrected chi connectivity index (χ1v) is 7.83. The normalized spacial score (nSPS) is 17.2. The van der Waals surface area contributed by atoms with Gasteiger partial charge in [-0.2, -0.15) is 0 Å². The number of guanidine groups is 1. The third kappa shape index (κ3) is 3.45. The second kappa shape index (κ2) is 6.31. The minimum absolute atomic E-state index is 0.286. The molecule has 1 heterocycles. The summed E-state index contributed by atoms with van der Waals surface area (Å²) in [6.07, 6.45) is 0. The summed E-state index contributed by atoms with van der Waals surface area (Å²) in [7, 11) is 2.07. The summed E-state index contributed by atoms with van der Waals surface area (Å²) in [5.41, 5.74) is 2.56. The Morgan fingerprint density at radius 1 is 1.14 bits per heavy atom. The van der Waals surface area contributed by atoms with Crippen LogP contribution in [0.15, 0.2) is 64.1 Å². The Hall–Kier alpha value is -1.81. The van der Waals surface area contributed by atoms with Crippen LogP contribution in [0, 0.1) is 0 Å². The molecule has 1 aliphatic heterocycles. The van der Waals surface area contributed by atoms with Crippen molar-refractivity contribution in [3.8, 4) is 0 Å². The highest BCUT2D eigenvalue weighted by Crippen LogP contribution is 2.18. The Bertz CT molecular complexity index is 622. The molecule has 1 N–H and O–H groups in total. The lowest BCUT2D eigenvalue weighted by molar-refractivity contribution is 0.480. The van der Waals surface area contributed by atoms with E-state index in [0.717, 1.165) is 23.5 Å². The van der Waals surface area contributed by atoms with Gasteiger partial charge in [0.05, 0.1) is 12.6 Å². The second-order valence-electron chi connectivity index (χ2n) is 5.25. The zero-order chi connectivity index (χ0) is 14.7. The molecule has 2 aromatic carbocycles. The van der Waals surface area contributed by atoms with Crippen LogP contribution in [0.25, 0.3) is 0 Å². The van der Waals surface area contributed by atoms with E-state index in [2.05, 4.69) is 86.7 Å². The van der Waals surface area contributed by atoms with Crippen LogP contribution in [0.4, 0.5) is 0 Å². The molecule has 0 spiro atoms. The number of benzene rings is 2. The first-order valence-electron chi connectivity index (χ1n) is 7.04. The molecule has 0 radical (unpaired) electrons. The van der Waals surface area contributed by atoms with Crippen LogP contribution >= 0.6 is 15.9 Å². The Kier molecular flexibility index (Phi) is 4.25. The number of nitrogens with one attached hydrogen (secondary N) is 1. The number of rotatable bonds is 3. The minimum atomic E-state index is 0.286. The van der Waals surface area contributed by atoms with Gasteiger partial charge in [-0.1, -0.05) is 58.4 Å². The van der Waals surface area contributed by atoms with Gasteiger partial charge in [-0.25, -0.2) is 0 Å². The van der Waals surface area contributed by atoms with Crippen LogP contribution in [0.3, 0.4) is 0 Å². The summed E-state index contributed by atoms with van der Waals surface area (Å²) in [5, 5.41) is 3.51. The highest BCUT2D eigenvalue weighted by molar-refractivity contribution is 9.10. The molecular weight excluding hydrogens is 326 g/mol. The molecular formula is C17H18BrN3. The predicted octanol–water partition coefficient (Wildman–Crippen LogP) is 3.58. The van der Waals surface area contributed by atoms with Gasteiger partial charge in [-0.15, -0.1) is 0 Å². The van der Waals surface area contributed by atoms with Crippen molar-refractivity contribution in [3.05, 3.63) is 70.2 Å². The van der Waals surface area contributed by atoms with E-state index in [9.17, 15) is 0 Å². The van der Waals surface area contributed by atoms with E-state index in [1.165, 1.54) is 11.1 Å². The second-order valence-corrected chi connectivity index (χ2v) is 6.17. The van der Waals surface area contributed by atoms with Crippen molar-refractivity contribution in [2.45, 2.75) is 12.6 Å². The number of halogens is 1. The van der Waals surface area contributed by atoms with Gasteiger partial charge in [0.25, 0.3) is 0 Å². The molecule has 21 heavy (non-hydrogen) atoms. The zero-order valence-electron chi connectivity index (χ0n) is 12.0. The van der Waals surface area contributed by atoms with Crippen molar-refractivity contribution in [3.63, 3.8) is 0 Å². The average Bonchev–Trinajstić information content (AvgIpc) is 3.00. The third-order valence-corrected chi connectivity index (χ3v) is 4.15. The van der Waals surface area contributed by atoms with Crippen molar-refractivity contribution < 1.29 is 0 Å². The molecule has 0 saturated heterocycles. The zero-order valence-corrected chi connectivity index (χ0v) is 13.5. The minimum Gasteiger partial charge on any atom is -0.348 e. The molecule has 0 aliphatic carbocycles. The van der Waals surface area contributed by atoms with Crippen LogP contribution in [0.1, 0.15) is 17.2 Å². The van der Waals surface area contributed by atoms with Gasteiger partial charge in [0.2, 0.25) is 0 Å². The molecule has 3 nitrogen and oxygen atoms in total. The van der Waals surface area contributed by atoms with Crippen molar-refractivity contribution in [2.24, 2.45) is 4.99 Å². The summed E-state index contributed by atoms with van der Waals surface area (Å²) in [4.78, 5) is 6.79. The monoisotopic (exact) mass is 343 g/mol. The summed E-state index contributed by atoms with van der Waals surface area (Å²) in [6.45, 7) is 1.64. The van der Waals surface area contributed by atoms with Crippen LogP contribution in [-0.2, 0) is 6.54 Å². The molecule has 0 amide bonds. The number of aliphatic imine (C=N–C) groups is 1. The standard InChI is InChI=1S/C17H18BrN3/c1-21(12-13-7-9-15(18)10-8-13)17-19-11-16(20-17)14-5-3-2-4-6-14/h2-10,16H,11-12H2,1H3,(H,19,20). The predicted molar refractivity (Wildman–Crippen MR) is 90.2 cm³/mol. The maximum atomic E-state index is 4.63. The Morgan fingerprint density at radius 3 is 2.57 bits per heavy atom. The van der Waals surface area contributed by atoms with Crippen LogP contribution < -0.4 is 5.32 Å². The summed E-state index contributed by atoms with van der Waals surface area (Å²) in [6, 6.07) is 19.2. The molecule has 4 heteroatoms. The molecule has 1 atom stereocenters. The average molecular weight is 344 g/mol. The molecule has 0 aromatic heterocycles. The maximum absolute atomic E-state index is 4.63. The maximum Gasteiger partial charge on any atom is 0.194 e. The largest absolute Gasteiger partial charge is 0.348 e. The smallest absolute Gasteiger partial charge is 0.194 e. The van der Waals surface area contributed by atoms with Gasteiger partial charge >= 0.3 is 0 Å². The number of nitrogens with zero attached hydrogens (tertiary/aromatic N) is 2. The van der Waals surface area contributed by atoms with E-state index in [4.69, 9.17) is 0 Å². The van der Waals surface area contributed by atoms with Crippen LogP contribution in [0.5, 0.6) is 0 Å². The van der Waals surface area contributed by atoms with Gasteiger partial charge in [-0.3, -0.25) is 4.99 Å². The van der Waals surface area contributed by atoms with Gasteiger partial charge in [0.1, 0.15) is 0 Å². The lowest BCUT2D eigenvalue weighted by Crippen LogP contribution is -2.36. The highest BCUT2D eigenvalue weighted by atomic mass is 79.9. The van der Waals surface area contributed by atoms with Crippen LogP contribution in [-0.4, -0.2) is 24.5 Å². The van der Waals surface area contributed by atoms with Crippen LogP contribution in [0.2, 0.25) is 0 Å². The summed E-state index contributed by atoms with van der Waals surface area (Å²) >= 11 is 3.46. The fourth-order valence-corrected chi connectivity index (χ4v) is 2.73. The van der Waals surface area contributed by atoms with Gasteiger partial charge < -0.3 is 10.2 Å². The fourth-order valence-electron chi connectivity index (χ4n) is 2.47. The quantitative estimate of drug-likeness (QED) is 0.922. The molecule has 1 aliphatic rings. The van der Waals surface area contributed by atoms with E-state index in [1.807, 2.05) is 6.07 Å². The topological polar surface area (TPSA) is 27.6 Å². The fraction of sp³-hybridized carbons (Fsp3) is 0.235. The molecule has 0 saturated carbocycles. The van der Waals surface area contributed by atoms with Crippen molar-refractivity contribution >= 4 is 21.9 Å². The highest BCUT2D eigenvalue weighted by Gasteiger charge is 2.21. The summed E-state index contributed by atoms with van der Waals surface area (Å²) in [5.74, 6) is 0.965. The van der Waals surface area contributed by atoms with E-state index < -0.39 is 0 Å². The van der Waals surface area contributed by atoms with E-state index in [0.29, 0.717) is 0 Å². The molecule has 108 valence electrons. The Morgan fingerprint density at radius 2 is 1.86 bits per heavy atom. The summed E-state index contributed by atoms with van der Waals surface area (Å²) < 4.78 is 1.11. The molecule has 3 rings (SSSR count). The Labute approximate surface area is 133 Å².